The highest BCUT2D eigenvalue weighted by Gasteiger charge is 2.27. The second kappa shape index (κ2) is 7.93. The fourth-order valence-corrected chi connectivity index (χ4v) is 3.63. The van der Waals surface area contributed by atoms with Crippen LogP contribution in [0.4, 0.5) is 6.01 Å². The van der Waals surface area contributed by atoms with Crippen LogP contribution in [0.1, 0.15) is 0 Å². The Kier molecular flexibility index (Phi) is 4.84. The molecular formula is C23H22N4O2. The van der Waals surface area contributed by atoms with Crippen LogP contribution in [-0.2, 0) is 0 Å². The van der Waals surface area contributed by atoms with Crippen molar-refractivity contribution in [3.05, 3.63) is 73.1 Å². The molecule has 1 aliphatic rings. The lowest BCUT2D eigenvalue weighted by Gasteiger charge is -2.34. The number of ether oxygens (including phenoxy) is 1. The van der Waals surface area contributed by atoms with Gasteiger partial charge in [0.25, 0.3) is 6.01 Å². The minimum atomic E-state index is 0.130. The third-order valence-corrected chi connectivity index (χ3v) is 5.16. The molecule has 2 aromatic heterocycles. The fraction of sp³-hybridized carbons (Fsp3) is 0.217. The zero-order chi connectivity index (χ0) is 19.5. The van der Waals surface area contributed by atoms with Gasteiger partial charge in [0.15, 0.2) is 5.58 Å². The highest BCUT2D eigenvalue weighted by atomic mass is 16.5. The lowest BCUT2D eigenvalue weighted by molar-refractivity contribution is 0.261. The maximum Gasteiger partial charge on any atom is 0.298 e. The minimum Gasteiger partial charge on any atom is -0.490 e. The van der Waals surface area contributed by atoms with E-state index < -0.39 is 0 Å². The van der Waals surface area contributed by atoms with E-state index >= 15 is 0 Å². The average molecular weight is 386 g/mol. The predicted molar refractivity (Wildman–Crippen MR) is 113 cm³/mol. The summed E-state index contributed by atoms with van der Waals surface area (Å²) in [6.07, 6.45) is 3.47. The van der Waals surface area contributed by atoms with Gasteiger partial charge in [-0.05, 0) is 35.4 Å². The van der Waals surface area contributed by atoms with E-state index in [0.29, 0.717) is 12.6 Å². The molecule has 0 amide bonds. The van der Waals surface area contributed by atoms with Gasteiger partial charge in [0.2, 0.25) is 0 Å². The molecule has 6 nitrogen and oxygen atoms in total. The summed E-state index contributed by atoms with van der Waals surface area (Å²) >= 11 is 0. The molecule has 1 N–H and O–H groups in total. The molecule has 1 saturated heterocycles. The van der Waals surface area contributed by atoms with Crippen molar-refractivity contribution in [2.24, 2.45) is 0 Å². The van der Waals surface area contributed by atoms with Crippen LogP contribution >= 0.6 is 0 Å². The maximum absolute atomic E-state index is 6.10. The summed E-state index contributed by atoms with van der Waals surface area (Å²) in [4.78, 5) is 11.1. The fourth-order valence-electron chi connectivity index (χ4n) is 3.63. The van der Waals surface area contributed by atoms with Crippen LogP contribution in [-0.4, -0.2) is 42.3 Å². The summed E-state index contributed by atoms with van der Waals surface area (Å²) in [6.45, 7) is 3.05. The Labute approximate surface area is 169 Å². The molecule has 4 aromatic rings. The maximum atomic E-state index is 6.10. The molecule has 29 heavy (non-hydrogen) atoms. The Morgan fingerprint density at radius 1 is 1.07 bits per heavy atom. The van der Waals surface area contributed by atoms with Crippen LogP contribution in [0.3, 0.4) is 0 Å². The third kappa shape index (κ3) is 3.79. The van der Waals surface area contributed by atoms with E-state index in [0.717, 1.165) is 42.0 Å². The highest BCUT2D eigenvalue weighted by Crippen LogP contribution is 2.28. The molecular weight excluding hydrogens is 364 g/mol. The molecule has 0 saturated carbocycles. The van der Waals surface area contributed by atoms with Crippen LogP contribution in [0.25, 0.3) is 22.2 Å². The first kappa shape index (κ1) is 17.7. The quantitative estimate of drug-likeness (QED) is 0.564. The molecule has 5 rings (SSSR count). The Morgan fingerprint density at radius 3 is 2.86 bits per heavy atom. The Morgan fingerprint density at radius 2 is 2.00 bits per heavy atom. The second-order valence-corrected chi connectivity index (χ2v) is 7.10. The monoisotopic (exact) mass is 386 g/mol. The van der Waals surface area contributed by atoms with Crippen LogP contribution in [0.5, 0.6) is 5.75 Å². The SMILES string of the molecule is c1ccc(-c2ccc3oc(N4CCNCC4COc4cccnc4)nc3c2)cc1. The van der Waals surface area contributed by atoms with Crippen LogP contribution < -0.4 is 15.0 Å². The molecule has 0 aliphatic carbocycles. The van der Waals surface area contributed by atoms with Gasteiger partial charge in [-0.1, -0.05) is 36.4 Å². The molecule has 146 valence electrons. The molecule has 0 bridgehead atoms. The van der Waals surface area contributed by atoms with E-state index in [4.69, 9.17) is 14.1 Å². The van der Waals surface area contributed by atoms with Gasteiger partial charge in [-0.25, -0.2) is 0 Å². The van der Waals surface area contributed by atoms with Crippen molar-refractivity contribution in [1.82, 2.24) is 15.3 Å². The molecule has 1 aliphatic heterocycles. The van der Waals surface area contributed by atoms with Gasteiger partial charge in [0.05, 0.1) is 12.2 Å². The first-order valence-electron chi connectivity index (χ1n) is 9.83. The number of anilines is 1. The van der Waals surface area contributed by atoms with Gasteiger partial charge in [-0.2, -0.15) is 4.98 Å². The number of rotatable bonds is 5. The lowest BCUT2D eigenvalue weighted by atomic mass is 10.1. The van der Waals surface area contributed by atoms with Crippen LogP contribution in [0.2, 0.25) is 0 Å². The van der Waals surface area contributed by atoms with Crippen LogP contribution in [0, 0.1) is 0 Å². The number of nitrogens with one attached hydrogen (secondary N) is 1. The van der Waals surface area contributed by atoms with Crippen molar-refractivity contribution >= 4 is 17.1 Å². The lowest BCUT2D eigenvalue weighted by Crippen LogP contribution is -2.54. The van der Waals surface area contributed by atoms with E-state index in [1.807, 2.05) is 36.4 Å². The topological polar surface area (TPSA) is 63.4 Å². The van der Waals surface area contributed by atoms with E-state index in [-0.39, 0.29) is 6.04 Å². The van der Waals surface area contributed by atoms with Gasteiger partial charge in [0, 0.05) is 25.8 Å². The number of pyridine rings is 1. The van der Waals surface area contributed by atoms with E-state index in [1.165, 1.54) is 5.56 Å². The number of hydrogen-bond acceptors (Lipinski definition) is 6. The summed E-state index contributed by atoms with van der Waals surface area (Å²) in [6, 6.07) is 21.0. The smallest absolute Gasteiger partial charge is 0.298 e. The van der Waals surface area contributed by atoms with E-state index in [9.17, 15) is 0 Å². The van der Waals surface area contributed by atoms with Gasteiger partial charge >= 0.3 is 0 Å². The summed E-state index contributed by atoms with van der Waals surface area (Å²) in [5, 5.41) is 3.43. The van der Waals surface area contributed by atoms with Crippen molar-refractivity contribution < 1.29 is 9.15 Å². The number of benzene rings is 2. The van der Waals surface area contributed by atoms with Gasteiger partial charge in [0.1, 0.15) is 17.9 Å². The predicted octanol–water partition coefficient (Wildman–Crippen LogP) is 3.75. The minimum absolute atomic E-state index is 0.130. The summed E-state index contributed by atoms with van der Waals surface area (Å²) in [7, 11) is 0. The van der Waals surface area contributed by atoms with Gasteiger partial charge in [-0.3, -0.25) is 4.98 Å². The standard InChI is InChI=1S/C23H22N4O2/c1-2-5-17(6-3-1)18-8-9-22-21(13-18)26-23(29-22)27-12-11-25-14-19(27)16-28-20-7-4-10-24-15-20/h1-10,13,15,19,25H,11-12,14,16H2. The number of aromatic nitrogens is 2. The van der Waals surface area contributed by atoms with Gasteiger partial charge < -0.3 is 19.4 Å². The van der Waals surface area contributed by atoms with Crippen molar-refractivity contribution in [3.8, 4) is 16.9 Å². The van der Waals surface area contributed by atoms with Gasteiger partial charge in [-0.15, -0.1) is 0 Å². The molecule has 1 fully saturated rings. The molecule has 0 spiro atoms. The first-order chi connectivity index (χ1) is 14.4. The van der Waals surface area contributed by atoms with Crippen molar-refractivity contribution in [3.63, 3.8) is 0 Å². The molecule has 1 unspecified atom stereocenters. The molecule has 6 heteroatoms. The Bertz CT molecular complexity index is 1080. The van der Waals surface area contributed by atoms with Crippen LogP contribution in [0.15, 0.2) is 77.5 Å². The van der Waals surface area contributed by atoms with E-state index in [2.05, 4.69) is 39.5 Å². The third-order valence-electron chi connectivity index (χ3n) is 5.16. The average Bonchev–Trinajstić information content (AvgIpc) is 3.22. The van der Waals surface area contributed by atoms with E-state index in [1.54, 1.807) is 12.4 Å². The summed E-state index contributed by atoms with van der Waals surface area (Å²) in [5.74, 6) is 0.767. The van der Waals surface area contributed by atoms with Crippen molar-refractivity contribution in [2.75, 3.05) is 31.1 Å². The molecule has 1 atom stereocenters. The zero-order valence-electron chi connectivity index (χ0n) is 16.0. The number of fused-ring (bicyclic) bond motifs is 1. The summed E-state index contributed by atoms with van der Waals surface area (Å²) in [5.41, 5.74) is 3.97. The second-order valence-electron chi connectivity index (χ2n) is 7.10. The van der Waals surface area contributed by atoms with Crippen molar-refractivity contribution in [2.45, 2.75) is 6.04 Å². The largest absolute Gasteiger partial charge is 0.490 e. The number of nitrogens with zero attached hydrogens (tertiary/aromatic N) is 3. The normalized spacial score (nSPS) is 16.8. The Hall–Kier alpha value is -3.38. The number of piperazine rings is 1. The number of oxazole rings is 1. The Balaban J connectivity index is 1.39. The molecule has 2 aromatic carbocycles. The van der Waals surface area contributed by atoms with Crippen molar-refractivity contribution in [1.29, 1.82) is 0 Å². The summed E-state index contributed by atoms with van der Waals surface area (Å²) < 4.78 is 12.0. The number of hydrogen-bond donors (Lipinski definition) is 1. The highest BCUT2D eigenvalue weighted by molar-refractivity contribution is 5.81. The zero-order valence-corrected chi connectivity index (χ0v) is 16.0. The molecule has 3 heterocycles. The first-order valence-corrected chi connectivity index (χ1v) is 9.83. The molecule has 0 radical (unpaired) electrons.